The Hall–Kier alpha value is -2.55. The number of pyridine rings is 2. The SMILES string of the molecule is COc1cc(-c2cn(CS(C)(=O)=O)c(=O)cc2OCC2CC2)cn(C)c1=O. The predicted molar refractivity (Wildman–Crippen MR) is 101 cm³/mol. The first kappa shape index (κ1) is 19.2. The largest absolute Gasteiger partial charge is 0.492 e. The van der Waals surface area contributed by atoms with Crippen molar-refractivity contribution in [3.05, 3.63) is 45.2 Å². The summed E-state index contributed by atoms with van der Waals surface area (Å²) in [6.07, 6.45) is 6.29. The molecule has 0 N–H and O–H groups in total. The molecule has 27 heavy (non-hydrogen) atoms. The molecule has 8 nitrogen and oxygen atoms in total. The van der Waals surface area contributed by atoms with Gasteiger partial charge in [0.25, 0.3) is 11.1 Å². The van der Waals surface area contributed by atoms with E-state index in [1.54, 1.807) is 19.3 Å². The molecule has 2 aromatic rings. The highest BCUT2D eigenvalue weighted by Gasteiger charge is 2.23. The standard InChI is InChI=1S/C18H22N2O6S/c1-19-8-13(6-16(25-2)18(19)22)14-9-20(11-27(3,23)24)17(21)7-15(14)26-10-12-4-5-12/h6-9,12H,4-5,10-11H2,1-3H3. The minimum absolute atomic E-state index is 0.143. The summed E-state index contributed by atoms with van der Waals surface area (Å²) >= 11 is 0. The number of ether oxygens (including phenoxy) is 2. The van der Waals surface area contributed by atoms with E-state index < -0.39 is 21.3 Å². The summed E-state index contributed by atoms with van der Waals surface area (Å²) in [6, 6.07) is 2.84. The average Bonchev–Trinajstić information content (AvgIpc) is 3.40. The van der Waals surface area contributed by atoms with Crippen LogP contribution in [0.15, 0.2) is 34.1 Å². The molecular weight excluding hydrogens is 372 g/mol. The van der Waals surface area contributed by atoms with Crippen LogP contribution in [-0.4, -0.2) is 37.5 Å². The number of hydrogen-bond donors (Lipinski definition) is 0. The van der Waals surface area contributed by atoms with Crippen molar-refractivity contribution >= 4 is 9.84 Å². The Bertz CT molecular complexity index is 1080. The molecule has 0 bridgehead atoms. The van der Waals surface area contributed by atoms with Crippen LogP contribution in [0, 0.1) is 5.92 Å². The zero-order valence-corrected chi connectivity index (χ0v) is 16.3. The third-order valence-electron chi connectivity index (χ3n) is 4.31. The Morgan fingerprint density at radius 1 is 1.15 bits per heavy atom. The van der Waals surface area contributed by atoms with Gasteiger partial charge in [0.1, 0.15) is 11.6 Å². The number of rotatable bonds is 7. The quantitative estimate of drug-likeness (QED) is 0.695. The maximum atomic E-state index is 12.3. The fourth-order valence-corrected chi connectivity index (χ4v) is 3.42. The molecule has 0 radical (unpaired) electrons. The summed E-state index contributed by atoms with van der Waals surface area (Å²) in [7, 11) is -0.425. The normalized spacial score (nSPS) is 14.2. The van der Waals surface area contributed by atoms with Crippen LogP contribution in [0.25, 0.3) is 11.1 Å². The van der Waals surface area contributed by atoms with E-state index in [1.165, 1.54) is 23.9 Å². The molecule has 146 valence electrons. The molecule has 0 saturated heterocycles. The second-order valence-electron chi connectivity index (χ2n) is 6.88. The monoisotopic (exact) mass is 394 g/mol. The van der Waals surface area contributed by atoms with Crippen LogP contribution in [0.1, 0.15) is 12.8 Å². The van der Waals surface area contributed by atoms with Crippen LogP contribution in [0.5, 0.6) is 11.5 Å². The highest BCUT2D eigenvalue weighted by atomic mass is 32.2. The summed E-state index contributed by atoms with van der Waals surface area (Å²) in [5.74, 6) is 0.539. The number of aryl methyl sites for hydroxylation is 1. The molecule has 0 unspecified atom stereocenters. The van der Waals surface area contributed by atoms with Crippen molar-refractivity contribution in [1.29, 1.82) is 0 Å². The number of hydrogen-bond acceptors (Lipinski definition) is 6. The van der Waals surface area contributed by atoms with Gasteiger partial charge < -0.3 is 14.0 Å². The lowest BCUT2D eigenvalue weighted by Gasteiger charge is -2.15. The van der Waals surface area contributed by atoms with Gasteiger partial charge in [-0.05, 0) is 24.8 Å². The summed E-state index contributed by atoms with van der Waals surface area (Å²) in [6.45, 7) is 0.491. The molecule has 0 amide bonds. The number of methoxy groups -OCH3 is 1. The van der Waals surface area contributed by atoms with Gasteiger partial charge in [0, 0.05) is 42.9 Å². The van der Waals surface area contributed by atoms with Crippen molar-refractivity contribution in [3.63, 3.8) is 0 Å². The minimum atomic E-state index is -3.41. The molecule has 2 aromatic heterocycles. The maximum Gasteiger partial charge on any atom is 0.292 e. The maximum absolute atomic E-state index is 12.3. The van der Waals surface area contributed by atoms with Crippen LogP contribution in [0.3, 0.4) is 0 Å². The van der Waals surface area contributed by atoms with Crippen molar-refractivity contribution in [2.45, 2.75) is 18.7 Å². The summed E-state index contributed by atoms with van der Waals surface area (Å²) in [5.41, 5.74) is 0.340. The Morgan fingerprint density at radius 2 is 1.85 bits per heavy atom. The van der Waals surface area contributed by atoms with Crippen LogP contribution in [-0.2, 0) is 22.8 Å². The van der Waals surface area contributed by atoms with Crippen molar-refractivity contribution in [2.24, 2.45) is 13.0 Å². The summed E-state index contributed by atoms with van der Waals surface area (Å²) in [5, 5.41) is 0. The Kier molecular flexibility index (Phi) is 5.14. The lowest BCUT2D eigenvalue weighted by Crippen LogP contribution is -2.24. The van der Waals surface area contributed by atoms with E-state index in [9.17, 15) is 18.0 Å². The van der Waals surface area contributed by atoms with E-state index in [4.69, 9.17) is 9.47 Å². The Labute approximate surface area is 156 Å². The van der Waals surface area contributed by atoms with Gasteiger partial charge in [0.05, 0.1) is 13.7 Å². The van der Waals surface area contributed by atoms with Gasteiger partial charge in [-0.2, -0.15) is 0 Å². The van der Waals surface area contributed by atoms with E-state index in [2.05, 4.69) is 0 Å². The van der Waals surface area contributed by atoms with Crippen molar-refractivity contribution in [1.82, 2.24) is 9.13 Å². The first-order valence-corrected chi connectivity index (χ1v) is 10.5. The molecule has 9 heteroatoms. The second kappa shape index (κ2) is 7.22. The van der Waals surface area contributed by atoms with Gasteiger partial charge in [-0.25, -0.2) is 8.42 Å². The number of aromatic nitrogens is 2. The zero-order chi connectivity index (χ0) is 19.8. The predicted octanol–water partition coefficient (Wildman–Crippen LogP) is 1.01. The molecule has 0 aromatic carbocycles. The number of sulfone groups is 1. The fraction of sp³-hybridized carbons (Fsp3) is 0.444. The molecule has 3 rings (SSSR count). The minimum Gasteiger partial charge on any atom is -0.492 e. The molecule has 0 spiro atoms. The first-order chi connectivity index (χ1) is 12.7. The Morgan fingerprint density at radius 3 is 2.44 bits per heavy atom. The van der Waals surface area contributed by atoms with Crippen LogP contribution >= 0.6 is 0 Å². The molecule has 1 aliphatic rings. The molecule has 2 heterocycles. The third kappa shape index (κ3) is 4.60. The van der Waals surface area contributed by atoms with Gasteiger partial charge in [0.2, 0.25) is 0 Å². The van der Waals surface area contributed by atoms with Crippen LogP contribution < -0.4 is 20.6 Å². The van der Waals surface area contributed by atoms with Gasteiger partial charge >= 0.3 is 0 Å². The molecule has 1 saturated carbocycles. The summed E-state index contributed by atoms with van der Waals surface area (Å²) < 4.78 is 36.8. The van der Waals surface area contributed by atoms with Crippen LogP contribution in [0.2, 0.25) is 0 Å². The third-order valence-corrected chi connectivity index (χ3v) is 5.06. The molecule has 1 aliphatic carbocycles. The zero-order valence-electron chi connectivity index (χ0n) is 15.5. The van der Waals surface area contributed by atoms with E-state index >= 15 is 0 Å². The molecule has 1 fully saturated rings. The lowest BCUT2D eigenvalue weighted by atomic mass is 10.1. The topological polar surface area (TPSA) is 96.6 Å². The Balaban J connectivity index is 2.14. The van der Waals surface area contributed by atoms with Crippen molar-refractivity contribution in [2.75, 3.05) is 20.0 Å². The smallest absolute Gasteiger partial charge is 0.292 e. The van der Waals surface area contributed by atoms with E-state index in [0.29, 0.717) is 29.4 Å². The van der Waals surface area contributed by atoms with Gasteiger partial charge in [0.15, 0.2) is 15.6 Å². The average molecular weight is 394 g/mol. The fourth-order valence-electron chi connectivity index (χ4n) is 2.71. The lowest BCUT2D eigenvalue weighted by molar-refractivity contribution is 0.300. The highest BCUT2D eigenvalue weighted by Crippen LogP contribution is 2.33. The van der Waals surface area contributed by atoms with E-state index in [-0.39, 0.29) is 11.3 Å². The van der Waals surface area contributed by atoms with Gasteiger partial charge in [-0.15, -0.1) is 0 Å². The van der Waals surface area contributed by atoms with Crippen molar-refractivity contribution < 1.29 is 17.9 Å². The van der Waals surface area contributed by atoms with Crippen molar-refractivity contribution in [3.8, 4) is 22.6 Å². The first-order valence-electron chi connectivity index (χ1n) is 8.48. The van der Waals surface area contributed by atoms with Gasteiger partial charge in [-0.1, -0.05) is 0 Å². The highest BCUT2D eigenvalue weighted by molar-refractivity contribution is 7.89. The molecule has 0 atom stereocenters. The van der Waals surface area contributed by atoms with Crippen LogP contribution in [0.4, 0.5) is 0 Å². The number of nitrogens with zero attached hydrogens (tertiary/aromatic N) is 2. The van der Waals surface area contributed by atoms with E-state index in [1.807, 2.05) is 0 Å². The molecule has 0 aliphatic heterocycles. The molecular formula is C18H22N2O6S. The van der Waals surface area contributed by atoms with E-state index in [0.717, 1.165) is 23.7 Å². The van der Waals surface area contributed by atoms with Gasteiger partial charge in [-0.3, -0.25) is 14.2 Å². The summed E-state index contributed by atoms with van der Waals surface area (Å²) in [4.78, 5) is 24.4. The second-order valence-corrected chi connectivity index (χ2v) is 8.99.